The fourth-order valence-electron chi connectivity index (χ4n) is 1.31. The summed E-state index contributed by atoms with van der Waals surface area (Å²) >= 11 is 0. The first-order chi connectivity index (χ1) is 8.01. The Bertz CT molecular complexity index is 462. The zero-order valence-corrected chi connectivity index (χ0v) is 8.91. The summed E-state index contributed by atoms with van der Waals surface area (Å²) in [6.07, 6.45) is -10.3. The van der Waals surface area contributed by atoms with Gasteiger partial charge in [0.2, 0.25) is 5.91 Å². The van der Waals surface area contributed by atoms with Gasteiger partial charge in [-0.1, -0.05) is 0 Å². The van der Waals surface area contributed by atoms with Crippen LogP contribution in [0.15, 0.2) is 18.2 Å². The van der Waals surface area contributed by atoms with Gasteiger partial charge in [0.05, 0.1) is 11.1 Å². The quantitative estimate of drug-likeness (QED) is 0.775. The molecule has 0 saturated carbocycles. The maximum Gasteiger partial charge on any atom is 0.417 e. The largest absolute Gasteiger partial charge is 0.417 e. The van der Waals surface area contributed by atoms with E-state index in [1.165, 1.54) is 0 Å². The van der Waals surface area contributed by atoms with Crippen LogP contribution in [0, 0.1) is 0 Å². The summed E-state index contributed by atoms with van der Waals surface area (Å²) in [4.78, 5) is 10.6. The number of halogens is 6. The highest BCUT2D eigenvalue weighted by Crippen LogP contribution is 2.41. The molecule has 2 nitrogen and oxygen atoms in total. The van der Waals surface area contributed by atoms with Crippen molar-refractivity contribution in [3.63, 3.8) is 0 Å². The van der Waals surface area contributed by atoms with Gasteiger partial charge in [0.15, 0.2) is 0 Å². The van der Waals surface area contributed by atoms with Crippen molar-refractivity contribution in [2.24, 2.45) is 0 Å². The lowest BCUT2D eigenvalue weighted by Crippen LogP contribution is -2.17. The molecule has 0 spiro atoms. The molecule has 0 heterocycles. The lowest BCUT2D eigenvalue weighted by Gasteiger charge is -2.16. The standard InChI is InChI=1S/C10H7F6NO/c1-5(18)17-6-2-3-7(9(11,12)13)8(4-6)10(14,15)16/h2-4H,1H3,(H,17,18). The molecule has 0 saturated heterocycles. The average molecular weight is 271 g/mol. The Balaban J connectivity index is 3.35. The summed E-state index contributed by atoms with van der Waals surface area (Å²) in [6, 6.07) is 1.30. The number of benzene rings is 1. The monoisotopic (exact) mass is 271 g/mol. The first-order valence-corrected chi connectivity index (χ1v) is 4.58. The Morgan fingerprint density at radius 2 is 1.50 bits per heavy atom. The van der Waals surface area contributed by atoms with Crippen molar-refractivity contribution >= 4 is 11.6 Å². The van der Waals surface area contributed by atoms with Gasteiger partial charge in [-0.25, -0.2) is 0 Å². The third-order valence-corrected chi connectivity index (χ3v) is 1.95. The second-order valence-corrected chi connectivity index (χ2v) is 3.44. The predicted octanol–water partition coefficient (Wildman–Crippen LogP) is 3.68. The van der Waals surface area contributed by atoms with Gasteiger partial charge in [0.25, 0.3) is 0 Å². The maximum atomic E-state index is 12.5. The molecule has 0 unspecified atom stereocenters. The van der Waals surface area contributed by atoms with Crippen LogP contribution in [-0.4, -0.2) is 5.91 Å². The Kier molecular flexibility index (Phi) is 3.59. The second-order valence-electron chi connectivity index (χ2n) is 3.44. The fourth-order valence-corrected chi connectivity index (χ4v) is 1.31. The highest BCUT2D eigenvalue weighted by Gasteiger charge is 2.43. The Hall–Kier alpha value is -1.73. The molecule has 1 aromatic carbocycles. The molecule has 0 bridgehead atoms. The molecule has 8 heteroatoms. The third-order valence-electron chi connectivity index (χ3n) is 1.95. The molecule has 1 amide bonds. The molecule has 0 atom stereocenters. The van der Waals surface area contributed by atoms with Crippen molar-refractivity contribution in [2.75, 3.05) is 5.32 Å². The lowest BCUT2D eigenvalue weighted by atomic mass is 10.1. The van der Waals surface area contributed by atoms with Gasteiger partial charge >= 0.3 is 12.4 Å². The van der Waals surface area contributed by atoms with Crippen LogP contribution in [0.2, 0.25) is 0 Å². The minimum absolute atomic E-state index is 0.254. The molecule has 0 radical (unpaired) electrons. The minimum Gasteiger partial charge on any atom is -0.326 e. The fraction of sp³-hybridized carbons (Fsp3) is 0.300. The zero-order valence-electron chi connectivity index (χ0n) is 8.91. The number of amides is 1. The van der Waals surface area contributed by atoms with E-state index in [0.717, 1.165) is 13.0 Å². The van der Waals surface area contributed by atoms with Crippen molar-refractivity contribution in [3.05, 3.63) is 29.3 Å². The van der Waals surface area contributed by atoms with Crippen molar-refractivity contribution < 1.29 is 31.1 Å². The van der Waals surface area contributed by atoms with Gasteiger partial charge in [-0.2, -0.15) is 26.3 Å². The lowest BCUT2D eigenvalue weighted by molar-refractivity contribution is -0.162. The highest BCUT2D eigenvalue weighted by molar-refractivity contribution is 5.88. The van der Waals surface area contributed by atoms with Crippen LogP contribution in [0.4, 0.5) is 32.0 Å². The van der Waals surface area contributed by atoms with Crippen LogP contribution in [0.1, 0.15) is 18.1 Å². The molecule has 0 aliphatic carbocycles. The SMILES string of the molecule is CC(=O)Nc1ccc(C(F)(F)F)c(C(F)(F)F)c1. The third kappa shape index (κ3) is 3.38. The number of rotatable bonds is 1. The second kappa shape index (κ2) is 4.51. The number of carbonyl (C=O) groups is 1. The van der Waals surface area contributed by atoms with Gasteiger partial charge in [0, 0.05) is 12.6 Å². The van der Waals surface area contributed by atoms with Crippen molar-refractivity contribution in [3.8, 4) is 0 Å². The maximum absolute atomic E-state index is 12.5. The normalized spacial score (nSPS) is 12.4. The Morgan fingerprint density at radius 3 is 1.89 bits per heavy atom. The molecule has 100 valence electrons. The number of anilines is 1. The summed E-state index contributed by atoms with van der Waals surface area (Å²) in [7, 11) is 0. The zero-order chi connectivity index (χ0) is 14.1. The van der Waals surface area contributed by atoms with E-state index >= 15 is 0 Å². The van der Waals surface area contributed by atoms with Gasteiger partial charge in [-0.3, -0.25) is 4.79 Å². The van der Waals surface area contributed by atoms with Crippen molar-refractivity contribution in [1.29, 1.82) is 0 Å². The number of hydrogen-bond acceptors (Lipinski definition) is 1. The number of alkyl halides is 6. The van der Waals surface area contributed by atoms with E-state index in [9.17, 15) is 31.1 Å². The van der Waals surface area contributed by atoms with Crippen molar-refractivity contribution in [1.82, 2.24) is 0 Å². The molecule has 0 aliphatic heterocycles. The van der Waals surface area contributed by atoms with E-state index in [0.29, 0.717) is 0 Å². The van der Waals surface area contributed by atoms with Gasteiger partial charge in [-0.05, 0) is 18.2 Å². The van der Waals surface area contributed by atoms with Crippen LogP contribution in [0.25, 0.3) is 0 Å². The predicted molar refractivity (Wildman–Crippen MR) is 50.7 cm³/mol. The molecule has 1 aromatic rings. The van der Waals surface area contributed by atoms with Gasteiger partial charge < -0.3 is 5.32 Å². The number of carbonyl (C=O) groups excluding carboxylic acids is 1. The van der Waals surface area contributed by atoms with E-state index in [1.54, 1.807) is 0 Å². The van der Waals surface area contributed by atoms with Gasteiger partial charge in [-0.15, -0.1) is 0 Å². The van der Waals surface area contributed by atoms with Gasteiger partial charge in [0.1, 0.15) is 0 Å². The Labute approximate surface area is 97.6 Å². The molecular formula is C10H7F6NO. The van der Waals surface area contributed by atoms with Crippen LogP contribution < -0.4 is 5.32 Å². The van der Waals surface area contributed by atoms with E-state index in [1.807, 2.05) is 5.32 Å². The van der Waals surface area contributed by atoms with Crippen LogP contribution in [0.3, 0.4) is 0 Å². The van der Waals surface area contributed by atoms with Crippen LogP contribution in [0.5, 0.6) is 0 Å². The topological polar surface area (TPSA) is 29.1 Å². The van der Waals surface area contributed by atoms with E-state index in [2.05, 4.69) is 0 Å². The molecular weight excluding hydrogens is 264 g/mol. The molecule has 18 heavy (non-hydrogen) atoms. The summed E-state index contributed by atoms with van der Waals surface area (Å²) in [5.74, 6) is -0.678. The van der Waals surface area contributed by atoms with Crippen LogP contribution >= 0.6 is 0 Å². The summed E-state index contributed by atoms with van der Waals surface area (Å²) in [5, 5.41) is 1.99. The molecule has 1 rings (SSSR count). The molecule has 0 aromatic heterocycles. The smallest absolute Gasteiger partial charge is 0.326 e. The number of hydrogen-bond donors (Lipinski definition) is 1. The molecule has 0 fully saturated rings. The average Bonchev–Trinajstić information content (AvgIpc) is 2.13. The molecule has 1 N–H and O–H groups in total. The summed E-state index contributed by atoms with van der Waals surface area (Å²) < 4.78 is 74.6. The van der Waals surface area contributed by atoms with E-state index in [-0.39, 0.29) is 17.8 Å². The van der Waals surface area contributed by atoms with E-state index < -0.39 is 29.4 Å². The Morgan fingerprint density at radius 1 is 1.00 bits per heavy atom. The molecule has 0 aliphatic rings. The summed E-state index contributed by atoms with van der Waals surface area (Å²) in [5.41, 5.74) is -3.96. The van der Waals surface area contributed by atoms with Crippen molar-refractivity contribution in [2.45, 2.75) is 19.3 Å². The van der Waals surface area contributed by atoms with E-state index in [4.69, 9.17) is 0 Å². The first kappa shape index (κ1) is 14.3. The first-order valence-electron chi connectivity index (χ1n) is 4.58. The summed E-state index contributed by atoms with van der Waals surface area (Å²) in [6.45, 7) is 1.03. The highest BCUT2D eigenvalue weighted by atomic mass is 19.4. The van der Waals surface area contributed by atoms with Crippen LogP contribution in [-0.2, 0) is 17.1 Å². The minimum atomic E-state index is -5.15. The number of nitrogens with one attached hydrogen (secondary N) is 1.